The Bertz CT molecular complexity index is 476. The lowest BCUT2D eigenvalue weighted by molar-refractivity contribution is 0.760. The van der Waals surface area contributed by atoms with Crippen LogP contribution in [0.1, 0.15) is 31.0 Å². The third-order valence-electron chi connectivity index (χ3n) is 2.52. The summed E-state index contributed by atoms with van der Waals surface area (Å²) in [5, 5.41) is 7.26. The summed E-state index contributed by atoms with van der Waals surface area (Å²) in [4.78, 5) is 8.54. The minimum Gasteiger partial charge on any atom is -0.316 e. The van der Waals surface area contributed by atoms with Gasteiger partial charge >= 0.3 is 0 Å². The largest absolute Gasteiger partial charge is 0.316 e. The van der Waals surface area contributed by atoms with E-state index in [1.165, 1.54) is 11.9 Å². The second-order valence-electron chi connectivity index (χ2n) is 4.28. The molecule has 5 nitrogen and oxygen atoms in total. The lowest BCUT2D eigenvalue weighted by Gasteiger charge is -2.10. The Kier molecular flexibility index (Phi) is 3.49. The molecule has 0 radical (unpaired) electrons. The minimum absolute atomic E-state index is 0.397. The molecule has 0 aromatic carbocycles. The highest BCUT2D eigenvalue weighted by Gasteiger charge is 2.07. The molecule has 90 valence electrons. The van der Waals surface area contributed by atoms with Crippen LogP contribution in [-0.2, 0) is 6.54 Å². The minimum atomic E-state index is 0.397. The predicted molar refractivity (Wildman–Crippen MR) is 66.0 cm³/mol. The van der Waals surface area contributed by atoms with Crippen molar-refractivity contribution >= 4 is 0 Å². The van der Waals surface area contributed by atoms with Gasteiger partial charge in [-0.05, 0) is 30.7 Å². The van der Waals surface area contributed by atoms with Crippen molar-refractivity contribution < 1.29 is 0 Å². The highest BCUT2D eigenvalue weighted by molar-refractivity contribution is 5.31. The molecule has 2 heterocycles. The molecule has 0 fully saturated rings. The van der Waals surface area contributed by atoms with Crippen LogP contribution in [0.25, 0.3) is 5.82 Å². The monoisotopic (exact) mass is 231 g/mol. The van der Waals surface area contributed by atoms with E-state index < -0.39 is 0 Å². The van der Waals surface area contributed by atoms with Gasteiger partial charge in [-0.25, -0.2) is 14.6 Å². The molecule has 0 atom stereocenters. The number of pyridine rings is 1. The van der Waals surface area contributed by atoms with Gasteiger partial charge in [0.15, 0.2) is 5.82 Å². The summed E-state index contributed by atoms with van der Waals surface area (Å²) in [5.41, 5.74) is 2.28. The summed E-state index contributed by atoms with van der Waals surface area (Å²) in [6, 6.07) is 4.15. The van der Waals surface area contributed by atoms with Gasteiger partial charge in [-0.2, -0.15) is 5.10 Å². The molecule has 2 rings (SSSR count). The number of hydrogen-bond donors (Lipinski definition) is 1. The molecule has 0 aliphatic carbocycles. The number of aromatic nitrogens is 4. The van der Waals surface area contributed by atoms with Crippen LogP contribution in [0.15, 0.2) is 24.8 Å². The summed E-state index contributed by atoms with van der Waals surface area (Å²) in [6.45, 7) is 5.09. The van der Waals surface area contributed by atoms with Crippen LogP contribution < -0.4 is 5.32 Å². The molecule has 0 saturated heterocycles. The van der Waals surface area contributed by atoms with Crippen molar-refractivity contribution in [2.24, 2.45) is 0 Å². The number of nitrogens with zero attached hydrogens (tertiary/aromatic N) is 4. The van der Waals surface area contributed by atoms with Crippen molar-refractivity contribution in [2.75, 3.05) is 7.05 Å². The fraction of sp³-hybridized carbons (Fsp3) is 0.417. The van der Waals surface area contributed by atoms with E-state index in [-0.39, 0.29) is 0 Å². The molecule has 0 amide bonds. The van der Waals surface area contributed by atoms with E-state index in [1.807, 2.05) is 13.1 Å². The van der Waals surface area contributed by atoms with Crippen LogP contribution in [0, 0.1) is 0 Å². The Labute approximate surface area is 101 Å². The van der Waals surface area contributed by atoms with Crippen LogP contribution in [-0.4, -0.2) is 26.8 Å². The normalized spacial score (nSPS) is 11.1. The van der Waals surface area contributed by atoms with Crippen molar-refractivity contribution in [2.45, 2.75) is 26.3 Å². The molecule has 17 heavy (non-hydrogen) atoms. The van der Waals surface area contributed by atoms with E-state index in [2.05, 4.69) is 40.3 Å². The van der Waals surface area contributed by atoms with Crippen LogP contribution in [0.4, 0.5) is 0 Å². The fourth-order valence-corrected chi connectivity index (χ4v) is 1.64. The van der Waals surface area contributed by atoms with Crippen molar-refractivity contribution in [3.05, 3.63) is 36.0 Å². The maximum atomic E-state index is 4.59. The third kappa shape index (κ3) is 2.68. The molecule has 2 aromatic rings. The highest BCUT2D eigenvalue weighted by Crippen LogP contribution is 2.16. The first-order chi connectivity index (χ1) is 8.20. The topological polar surface area (TPSA) is 55.6 Å². The van der Waals surface area contributed by atoms with E-state index in [0.29, 0.717) is 5.92 Å². The molecule has 0 spiro atoms. The summed E-state index contributed by atoms with van der Waals surface area (Å²) < 4.78 is 1.69. The smallest absolute Gasteiger partial charge is 0.155 e. The standard InChI is InChI=1S/C12H17N5/c1-9(2)11-4-10(6-13-3)5-12(16-11)17-8-14-7-15-17/h4-5,7-9,13H,6H2,1-3H3. The Morgan fingerprint density at radius 3 is 2.76 bits per heavy atom. The van der Waals surface area contributed by atoms with Gasteiger partial charge < -0.3 is 5.32 Å². The first kappa shape index (κ1) is 11.7. The maximum Gasteiger partial charge on any atom is 0.155 e. The molecular weight excluding hydrogens is 214 g/mol. The zero-order chi connectivity index (χ0) is 12.3. The summed E-state index contributed by atoms with van der Waals surface area (Å²) in [5.74, 6) is 1.22. The Hall–Kier alpha value is -1.75. The second-order valence-corrected chi connectivity index (χ2v) is 4.28. The third-order valence-corrected chi connectivity index (χ3v) is 2.52. The van der Waals surface area contributed by atoms with Gasteiger partial charge in [-0.1, -0.05) is 13.8 Å². The molecule has 0 aliphatic rings. The van der Waals surface area contributed by atoms with E-state index in [4.69, 9.17) is 0 Å². The average Bonchev–Trinajstić information content (AvgIpc) is 2.82. The van der Waals surface area contributed by atoms with Crippen LogP contribution in [0.5, 0.6) is 0 Å². The first-order valence-electron chi connectivity index (χ1n) is 5.71. The lowest BCUT2D eigenvalue weighted by atomic mass is 10.1. The molecule has 0 saturated carbocycles. The molecule has 0 bridgehead atoms. The van der Waals surface area contributed by atoms with Gasteiger partial charge in [0, 0.05) is 12.2 Å². The highest BCUT2D eigenvalue weighted by atomic mass is 15.3. The summed E-state index contributed by atoms with van der Waals surface area (Å²) >= 11 is 0. The predicted octanol–water partition coefficient (Wildman–Crippen LogP) is 1.51. The van der Waals surface area contributed by atoms with Gasteiger partial charge in [0.1, 0.15) is 12.7 Å². The second kappa shape index (κ2) is 5.05. The molecule has 2 aromatic heterocycles. The molecule has 0 aliphatic heterocycles. The lowest BCUT2D eigenvalue weighted by Crippen LogP contribution is -2.09. The van der Waals surface area contributed by atoms with Crippen LogP contribution in [0.2, 0.25) is 0 Å². The zero-order valence-corrected chi connectivity index (χ0v) is 10.4. The van der Waals surface area contributed by atoms with Crippen molar-refractivity contribution in [1.29, 1.82) is 0 Å². The molecule has 1 N–H and O–H groups in total. The Morgan fingerprint density at radius 1 is 1.35 bits per heavy atom. The van der Waals surface area contributed by atoms with Crippen LogP contribution in [0.3, 0.4) is 0 Å². The first-order valence-corrected chi connectivity index (χ1v) is 5.71. The molecule has 5 heteroatoms. The zero-order valence-electron chi connectivity index (χ0n) is 10.4. The molecular formula is C12H17N5. The van der Waals surface area contributed by atoms with E-state index in [0.717, 1.165) is 18.1 Å². The van der Waals surface area contributed by atoms with E-state index >= 15 is 0 Å². The van der Waals surface area contributed by atoms with Crippen molar-refractivity contribution in [1.82, 2.24) is 25.1 Å². The number of nitrogens with one attached hydrogen (secondary N) is 1. The average molecular weight is 231 g/mol. The van der Waals surface area contributed by atoms with Crippen molar-refractivity contribution in [3.63, 3.8) is 0 Å². The van der Waals surface area contributed by atoms with Gasteiger partial charge in [0.2, 0.25) is 0 Å². The van der Waals surface area contributed by atoms with Crippen molar-refractivity contribution in [3.8, 4) is 5.82 Å². The van der Waals surface area contributed by atoms with Gasteiger partial charge in [-0.3, -0.25) is 0 Å². The van der Waals surface area contributed by atoms with Gasteiger partial charge in [0.25, 0.3) is 0 Å². The van der Waals surface area contributed by atoms with Gasteiger partial charge in [0.05, 0.1) is 0 Å². The Balaban J connectivity index is 2.44. The number of hydrogen-bond acceptors (Lipinski definition) is 4. The summed E-state index contributed by atoms with van der Waals surface area (Å²) in [6.07, 6.45) is 3.18. The quantitative estimate of drug-likeness (QED) is 0.866. The summed E-state index contributed by atoms with van der Waals surface area (Å²) in [7, 11) is 1.94. The number of rotatable bonds is 4. The fourth-order valence-electron chi connectivity index (χ4n) is 1.64. The van der Waals surface area contributed by atoms with E-state index in [9.17, 15) is 0 Å². The SMILES string of the molecule is CNCc1cc(C(C)C)nc(-n2cncn2)c1. The molecule has 0 unspecified atom stereocenters. The Morgan fingerprint density at radius 2 is 2.18 bits per heavy atom. The van der Waals surface area contributed by atoms with Gasteiger partial charge in [-0.15, -0.1) is 0 Å². The van der Waals surface area contributed by atoms with E-state index in [1.54, 1.807) is 11.0 Å². The van der Waals surface area contributed by atoms with Crippen LogP contribution >= 0.6 is 0 Å². The maximum absolute atomic E-state index is 4.59.